The van der Waals surface area contributed by atoms with E-state index in [0.29, 0.717) is 45.8 Å². The number of alkyl halides is 6. The molecule has 0 radical (unpaired) electrons. The first-order chi connectivity index (χ1) is 20.7. The van der Waals surface area contributed by atoms with Gasteiger partial charge >= 0.3 is 12.4 Å². The highest BCUT2D eigenvalue weighted by Crippen LogP contribution is 2.38. The molecule has 0 atom stereocenters. The van der Waals surface area contributed by atoms with Gasteiger partial charge in [0.1, 0.15) is 11.6 Å². The van der Waals surface area contributed by atoms with Crippen molar-refractivity contribution in [2.75, 3.05) is 0 Å². The van der Waals surface area contributed by atoms with Crippen LogP contribution >= 0.6 is 0 Å². The quantitative estimate of drug-likeness (QED) is 0.184. The van der Waals surface area contributed by atoms with E-state index in [0.717, 1.165) is 0 Å². The van der Waals surface area contributed by atoms with Gasteiger partial charge in [0, 0.05) is 21.5 Å². The summed E-state index contributed by atoms with van der Waals surface area (Å²) >= 11 is 0. The van der Waals surface area contributed by atoms with Crippen molar-refractivity contribution >= 4 is 43.1 Å². The summed E-state index contributed by atoms with van der Waals surface area (Å²) in [5.74, 6) is -2.83. The zero-order chi connectivity index (χ0) is 31.3. The highest BCUT2D eigenvalue weighted by molar-refractivity contribution is 6.21. The first-order valence-corrected chi connectivity index (χ1v) is 13.0. The van der Waals surface area contributed by atoms with Gasteiger partial charge in [0.25, 0.3) is 0 Å². The molecule has 0 spiro atoms. The Balaban J connectivity index is 1.38. The Morgan fingerprint density at radius 1 is 0.364 bits per heavy atom. The van der Waals surface area contributed by atoms with E-state index in [2.05, 4.69) is 0 Å². The zero-order valence-corrected chi connectivity index (χ0v) is 21.9. The minimum atomic E-state index is -4.90. The van der Waals surface area contributed by atoms with E-state index in [9.17, 15) is 44.7 Å². The van der Waals surface area contributed by atoms with Gasteiger partial charge in [-0.05, 0) is 92.3 Å². The van der Waals surface area contributed by atoms with E-state index in [1.165, 1.54) is 36.4 Å². The minimum Gasteiger partial charge on any atom is -0.289 e. The van der Waals surface area contributed by atoms with Gasteiger partial charge in [0.05, 0.1) is 11.1 Å². The standard InChI is InChI=1S/C34H14F8O2/c35-29-7-3-17(11-27(29)33(37,38)39)15-1-5-19-21-13-26-22(14-25(21)31(43)23(19)9-15)20-6-2-16(10-24(20)32(26)44)18-4-8-30(36)28(12-18)34(40,41)42/h1-14H. The molecule has 0 bridgehead atoms. The first-order valence-electron chi connectivity index (χ1n) is 13.0. The summed E-state index contributed by atoms with van der Waals surface area (Å²) in [6, 6.07) is 17.2. The molecule has 7 rings (SSSR count). The lowest BCUT2D eigenvalue weighted by Crippen LogP contribution is -2.08. The topological polar surface area (TPSA) is 34.1 Å². The molecule has 0 fully saturated rings. The van der Waals surface area contributed by atoms with Crippen LogP contribution in [0.5, 0.6) is 0 Å². The van der Waals surface area contributed by atoms with Crippen LogP contribution in [0, 0.1) is 11.6 Å². The summed E-state index contributed by atoms with van der Waals surface area (Å²) < 4.78 is 107. The molecule has 0 saturated carbocycles. The minimum absolute atomic E-state index is 0.0659. The molecule has 0 aliphatic heterocycles. The first kappa shape index (κ1) is 27.7. The van der Waals surface area contributed by atoms with Crippen LogP contribution in [0.4, 0.5) is 35.1 Å². The third-order valence-corrected chi connectivity index (χ3v) is 7.97. The van der Waals surface area contributed by atoms with Crippen molar-refractivity contribution in [2.24, 2.45) is 0 Å². The predicted molar refractivity (Wildman–Crippen MR) is 152 cm³/mol. The molecule has 0 aromatic heterocycles. The molecule has 7 aromatic rings. The second kappa shape index (κ2) is 9.19. The highest BCUT2D eigenvalue weighted by Gasteiger charge is 2.35. The van der Waals surface area contributed by atoms with Crippen LogP contribution in [0.3, 0.4) is 0 Å². The Morgan fingerprint density at radius 3 is 1.05 bits per heavy atom. The van der Waals surface area contributed by atoms with Crippen molar-refractivity contribution in [1.82, 2.24) is 0 Å². The van der Waals surface area contributed by atoms with Gasteiger partial charge in [-0.15, -0.1) is 0 Å². The van der Waals surface area contributed by atoms with Crippen LogP contribution < -0.4 is 10.9 Å². The van der Waals surface area contributed by atoms with E-state index in [4.69, 9.17) is 0 Å². The van der Waals surface area contributed by atoms with Crippen LogP contribution in [0.2, 0.25) is 0 Å². The van der Waals surface area contributed by atoms with Gasteiger partial charge < -0.3 is 0 Å². The van der Waals surface area contributed by atoms with Gasteiger partial charge in [-0.2, -0.15) is 26.3 Å². The van der Waals surface area contributed by atoms with Crippen molar-refractivity contribution in [3.63, 3.8) is 0 Å². The molecule has 218 valence electrons. The number of hydrogen-bond acceptors (Lipinski definition) is 2. The second-order valence-corrected chi connectivity index (χ2v) is 10.5. The van der Waals surface area contributed by atoms with Crippen molar-refractivity contribution in [2.45, 2.75) is 12.4 Å². The molecular formula is C34H14F8O2. The largest absolute Gasteiger partial charge is 0.419 e. The third kappa shape index (κ3) is 4.16. The lowest BCUT2D eigenvalue weighted by atomic mass is 10.00. The van der Waals surface area contributed by atoms with Gasteiger partial charge in [0.15, 0.2) is 10.9 Å². The van der Waals surface area contributed by atoms with Gasteiger partial charge in [-0.3, -0.25) is 9.59 Å². The maximum Gasteiger partial charge on any atom is 0.419 e. The van der Waals surface area contributed by atoms with E-state index < -0.39 is 46.0 Å². The molecule has 10 heteroatoms. The van der Waals surface area contributed by atoms with Crippen LogP contribution in [0.1, 0.15) is 11.1 Å². The SMILES string of the molecule is O=c1c2cc(-c3ccc(F)c(C(F)(F)F)c3)ccc2c2cc3c(=O)c4cc(-c5ccc(F)c(C(F)(F)F)c5)ccc4c3cc12. The number of hydrogen-bond donors (Lipinski definition) is 0. The third-order valence-electron chi connectivity index (χ3n) is 7.97. The summed E-state index contributed by atoms with van der Waals surface area (Å²) in [6.45, 7) is 0. The van der Waals surface area contributed by atoms with Gasteiger partial charge in [0.2, 0.25) is 0 Å². The lowest BCUT2D eigenvalue weighted by Gasteiger charge is -2.10. The lowest BCUT2D eigenvalue weighted by molar-refractivity contribution is -0.140. The summed E-state index contributed by atoms with van der Waals surface area (Å²) in [5.41, 5.74) is -3.02. The Morgan fingerprint density at radius 2 is 0.682 bits per heavy atom. The molecule has 0 N–H and O–H groups in total. The van der Waals surface area contributed by atoms with Gasteiger partial charge in [-0.1, -0.05) is 36.4 Å². The fourth-order valence-electron chi connectivity index (χ4n) is 5.85. The Labute approximate surface area is 241 Å². The molecule has 44 heavy (non-hydrogen) atoms. The summed E-state index contributed by atoms with van der Waals surface area (Å²) in [5, 5.41) is 2.77. The van der Waals surface area contributed by atoms with E-state index >= 15 is 0 Å². The molecule has 0 amide bonds. The molecule has 0 aliphatic rings. The Bertz CT molecular complexity index is 2260. The average Bonchev–Trinajstić information content (AvgIpc) is 3.41. The molecule has 0 saturated heterocycles. The van der Waals surface area contributed by atoms with E-state index in [1.807, 2.05) is 0 Å². The Hall–Kier alpha value is -5.12. The number of halogens is 8. The van der Waals surface area contributed by atoms with Crippen LogP contribution in [0.15, 0.2) is 94.5 Å². The highest BCUT2D eigenvalue weighted by atomic mass is 19.4. The van der Waals surface area contributed by atoms with Crippen LogP contribution in [0.25, 0.3) is 65.3 Å². The van der Waals surface area contributed by atoms with Crippen molar-refractivity contribution < 1.29 is 35.1 Å². The van der Waals surface area contributed by atoms with Crippen molar-refractivity contribution in [3.8, 4) is 22.3 Å². The number of fused-ring (bicyclic) bond motifs is 6. The second-order valence-electron chi connectivity index (χ2n) is 10.5. The number of rotatable bonds is 2. The van der Waals surface area contributed by atoms with Crippen molar-refractivity contribution in [3.05, 3.63) is 128 Å². The maximum absolute atomic E-state index is 13.8. The van der Waals surface area contributed by atoms with Crippen LogP contribution in [-0.2, 0) is 12.4 Å². The predicted octanol–water partition coefficient (Wildman–Crippen LogP) is 9.55. The molecule has 7 aromatic carbocycles. The summed E-state index contributed by atoms with van der Waals surface area (Å²) in [7, 11) is 0. The molecule has 2 nitrogen and oxygen atoms in total. The van der Waals surface area contributed by atoms with Gasteiger partial charge in [-0.25, -0.2) is 8.78 Å². The molecule has 0 aliphatic carbocycles. The zero-order valence-electron chi connectivity index (χ0n) is 21.9. The molecule has 0 unspecified atom stereocenters. The summed E-state index contributed by atoms with van der Waals surface area (Å²) in [6.07, 6.45) is -9.81. The van der Waals surface area contributed by atoms with E-state index in [1.54, 1.807) is 24.3 Å². The smallest absolute Gasteiger partial charge is 0.289 e. The summed E-state index contributed by atoms with van der Waals surface area (Å²) in [4.78, 5) is 27.0. The van der Waals surface area contributed by atoms with Crippen molar-refractivity contribution in [1.29, 1.82) is 0 Å². The monoisotopic (exact) mass is 606 g/mol. The normalized spacial score (nSPS) is 12.7. The maximum atomic E-state index is 13.8. The molecule has 0 heterocycles. The van der Waals surface area contributed by atoms with Crippen LogP contribution in [-0.4, -0.2) is 0 Å². The van der Waals surface area contributed by atoms with E-state index in [-0.39, 0.29) is 43.8 Å². The number of benzene rings is 5. The average molecular weight is 606 g/mol. The Kier molecular flexibility index (Phi) is 5.78. The fraction of sp³-hybridized carbons (Fsp3) is 0.0588. The molecular weight excluding hydrogens is 592 g/mol. The fourth-order valence-corrected chi connectivity index (χ4v) is 5.85.